The van der Waals surface area contributed by atoms with Gasteiger partial charge < -0.3 is 4.90 Å². The molecule has 0 aliphatic carbocycles. The summed E-state index contributed by atoms with van der Waals surface area (Å²) >= 11 is 5.53. The molecule has 1 nitrogen and oxygen atoms in total. The van der Waals surface area contributed by atoms with E-state index in [1.54, 1.807) is 0 Å². The number of halogens is 1. The first-order valence-electron chi connectivity index (χ1n) is 5.40. The van der Waals surface area contributed by atoms with Crippen LogP contribution in [0.1, 0.15) is 26.7 Å². The van der Waals surface area contributed by atoms with Crippen LogP contribution in [0.25, 0.3) is 0 Å². The second kappa shape index (κ2) is 9.05. The van der Waals surface area contributed by atoms with Gasteiger partial charge in [0.15, 0.2) is 0 Å². The van der Waals surface area contributed by atoms with E-state index in [-0.39, 0.29) is 0 Å². The monoisotopic (exact) mass is 281 g/mol. The molecule has 0 radical (unpaired) electrons. The Morgan fingerprint density at radius 1 is 1.43 bits per heavy atom. The zero-order valence-electron chi connectivity index (χ0n) is 9.92. The minimum Gasteiger partial charge on any atom is -0.303 e. The van der Waals surface area contributed by atoms with Gasteiger partial charge in [0.2, 0.25) is 0 Å². The highest BCUT2D eigenvalue weighted by Gasteiger charge is 2.13. The van der Waals surface area contributed by atoms with Gasteiger partial charge in [-0.25, -0.2) is 0 Å². The molecule has 0 bridgehead atoms. The Kier molecular flexibility index (Phi) is 9.56. The second-order valence-corrected chi connectivity index (χ2v) is 5.61. The topological polar surface area (TPSA) is 3.24 Å². The van der Waals surface area contributed by atoms with Gasteiger partial charge in [-0.15, -0.1) is 0 Å². The van der Waals surface area contributed by atoms with Crippen molar-refractivity contribution < 1.29 is 0 Å². The molecule has 0 N–H and O–H groups in total. The fourth-order valence-corrected chi connectivity index (χ4v) is 2.85. The Labute approximate surface area is 102 Å². The number of rotatable bonds is 8. The molecule has 0 aliphatic heterocycles. The lowest BCUT2D eigenvalue weighted by atomic mass is 10.1. The van der Waals surface area contributed by atoms with E-state index >= 15 is 0 Å². The predicted molar refractivity (Wildman–Crippen MR) is 72.7 cm³/mol. The fourth-order valence-electron chi connectivity index (χ4n) is 1.58. The van der Waals surface area contributed by atoms with Crippen LogP contribution in [0.2, 0.25) is 0 Å². The average Bonchev–Trinajstić information content (AvgIpc) is 2.17. The van der Waals surface area contributed by atoms with Crippen LogP contribution in [0.4, 0.5) is 0 Å². The predicted octanol–water partition coefficient (Wildman–Crippen LogP) is 3.48. The number of alkyl halides is 1. The first-order chi connectivity index (χ1) is 6.65. The normalized spacial score (nSPS) is 15.9. The summed E-state index contributed by atoms with van der Waals surface area (Å²) in [7, 11) is 2.24. The molecule has 0 aromatic heterocycles. The Morgan fingerprint density at radius 3 is 2.50 bits per heavy atom. The van der Waals surface area contributed by atoms with Gasteiger partial charge in [-0.1, -0.05) is 29.3 Å². The molecule has 3 heteroatoms. The van der Waals surface area contributed by atoms with Crippen LogP contribution in [0, 0.1) is 5.92 Å². The van der Waals surface area contributed by atoms with E-state index in [1.165, 1.54) is 25.1 Å². The maximum absolute atomic E-state index is 3.60. The van der Waals surface area contributed by atoms with Crippen LogP contribution in [0.3, 0.4) is 0 Å². The first-order valence-corrected chi connectivity index (χ1v) is 7.92. The van der Waals surface area contributed by atoms with Crippen molar-refractivity contribution >= 4 is 27.7 Å². The Morgan fingerprint density at radius 2 is 2.07 bits per heavy atom. The van der Waals surface area contributed by atoms with Crippen molar-refractivity contribution in [1.29, 1.82) is 0 Å². The van der Waals surface area contributed by atoms with Crippen LogP contribution >= 0.6 is 27.7 Å². The van der Waals surface area contributed by atoms with E-state index < -0.39 is 0 Å². The Balaban J connectivity index is 3.81. The standard InChI is InChI=1S/C11H24BrNS/c1-5-6-11(7-12)8-13(3)10(2)9-14-4/h10-11H,5-9H2,1-4H3. The van der Waals surface area contributed by atoms with Crippen molar-refractivity contribution in [2.45, 2.75) is 32.7 Å². The molecular formula is C11H24BrNS. The maximum atomic E-state index is 3.60. The smallest absolute Gasteiger partial charge is 0.0155 e. The van der Waals surface area contributed by atoms with Gasteiger partial charge in [0.05, 0.1) is 0 Å². The van der Waals surface area contributed by atoms with Gasteiger partial charge in [0, 0.05) is 23.7 Å². The van der Waals surface area contributed by atoms with Crippen molar-refractivity contribution in [2.75, 3.05) is 30.9 Å². The van der Waals surface area contributed by atoms with E-state index in [2.05, 4.69) is 48.0 Å². The molecule has 0 saturated heterocycles. The van der Waals surface area contributed by atoms with Gasteiger partial charge in [0.25, 0.3) is 0 Å². The zero-order chi connectivity index (χ0) is 11.0. The molecule has 0 spiro atoms. The third-order valence-corrected chi connectivity index (χ3v) is 4.35. The summed E-state index contributed by atoms with van der Waals surface area (Å²) in [5.74, 6) is 2.05. The van der Waals surface area contributed by atoms with Gasteiger partial charge in [-0.3, -0.25) is 0 Å². The first kappa shape index (κ1) is 14.8. The molecule has 0 aromatic carbocycles. The van der Waals surface area contributed by atoms with E-state index in [0.717, 1.165) is 11.2 Å². The highest BCUT2D eigenvalue weighted by atomic mass is 79.9. The van der Waals surface area contributed by atoms with Gasteiger partial charge >= 0.3 is 0 Å². The van der Waals surface area contributed by atoms with Crippen molar-refractivity contribution in [3.63, 3.8) is 0 Å². The van der Waals surface area contributed by atoms with E-state index in [9.17, 15) is 0 Å². The largest absolute Gasteiger partial charge is 0.303 e. The second-order valence-electron chi connectivity index (χ2n) is 4.05. The SMILES string of the molecule is CCCC(CBr)CN(C)C(C)CSC. The van der Waals surface area contributed by atoms with E-state index in [0.29, 0.717) is 6.04 Å². The summed E-state index contributed by atoms with van der Waals surface area (Å²) in [5.41, 5.74) is 0. The number of thioether (sulfide) groups is 1. The minimum atomic E-state index is 0.698. The van der Waals surface area contributed by atoms with E-state index in [1.807, 2.05) is 11.8 Å². The number of hydrogen-bond acceptors (Lipinski definition) is 2. The molecule has 0 rings (SSSR count). The molecular weight excluding hydrogens is 258 g/mol. The molecule has 86 valence electrons. The summed E-state index contributed by atoms with van der Waals surface area (Å²) in [4.78, 5) is 2.48. The lowest BCUT2D eigenvalue weighted by Gasteiger charge is -2.27. The molecule has 0 amide bonds. The van der Waals surface area contributed by atoms with Gasteiger partial charge in [-0.2, -0.15) is 11.8 Å². The molecule has 0 saturated carbocycles. The lowest BCUT2D eigenvalue weighted by molar-refractivity contribution is 0.237. The van der Waals surface area contributed by atoms with Crippen LogP contribution in [0.15, 0.2) is 0 Å². The molecule has 0 fully saturated rings. The highest BCUT2D eigenvalue weighted by Crippen LogP contribution is 2.13. The van der Waals surface area contributed by atoms with Gasteiger partial charge in [-0.05, 0) is 32.6 Å². The van der Waals surface area contributed by atoms with Gasteiger partial charge in [0.1, 0.15) is 0 Å². The van der Waals surface area contributed by atoms with Crippen LogP contribution < -0.4 is 0 Å². The quantitative estimate of drug-likeness (QED) is 0.627. The Hall–Kier alpha value is 0.790. The fraction of sp³-hybridized carbons (Fsp3) is 1.00. The van der Waals surface area contributed by atoms with Crippen molar-refractivity contribution in [2.24, 2.45) is 5.92 Å². The Bertz CT molecular complexity index is 132. The molecule has 0 heterocycles. The summed E-state index contributed by atoms with van der Waals surface area (Å²) in [6.07, 6.45) is 4.81. The molecule has 0 aliphatic rings. The zero-order valence-corrected chi connectivity index (χ0v) is 12.3. The molecule has 2 unspecified atom stereocenters. The summed E-state index contributed by atoms with van der Waals surface area (Å²) in [5, 5.41) is 1.14. The molecule has 14 heavy (non-hydrogen) atoms. The van der Waals surface area contributed by atoms with Crippen LogP contribution in [-0.2, 0) is 0 Å². The maximum Gasteiger partial charge on any atom is 0.0155 e. The van der Waals surface area contributed by atoms with Crippen LogP contribution in [0.5, 0.6) is 0 Å². The number of hydrogen-bond donors (Lipinski definition) is 0. The highest BCUT2D eigenvalue weighted by molar-refractivity contribution is 9.09. The third kappa shape index (κ3) is 6.31. The third-order valence-electron chi connectivity index (χ3n) is 2.62. The van der Waals surface area contributed by atoms with Crippen LogP contribution in [-0.4, -0.2) is 41.9 Å². The van der Waals surface area contributed by atoms with Crippen molar-refractivity contribution in [1.82, 2.24) is 4.90 Å². The summed E-state index contributed by atoms with van der Waals surface area (Å²) in [6.45, 7) is 5.80. The molecule has 0 aromatic rings. The molecule has 2 atom stereocenters. The van der Waals surface area contributed by atoms with Crippen molar-refractivity contribution in [3.05, 3.63) is 0 Å². The summed E-state index contributed by atoms with van der Waals surface area (Å²) < 4.78 is 0. The van der Waals surface area contributed by atoms with E-state index in [4.69, 9.17) is 0 Å². The lowest BCUT2D eigenvalue weighted by Crippen LogP contribution is -2.35. The number of nitrogens with zero attached hydrogens (tertiary/aromatic N) is 1. The minimum absolute atomic E-state index is 0.698. The van der Waals surface area contributed by atoms with Crippen molar-refractivity contribution in [3.8, 4) is 0 Å². The average molecular weight is 282 g/mol. The summed E-state index contributed by atoms with van der Waals surface area (Å²) in [6, 6.07) is 0.698.